The van der Waals surface area contributed by atoms with E-state index in [1.54, 1.807) is 54.6 Å². The number of benzene rings is 4. The summed E-state index contributed by atoms with van der Waals surface area (Å²) in [5.74, 6) is -1.54. The Labute approximate surface area is 252 Å². The molecule has 0 saturated carbocycles. The van der Waals surface area contributed by atoms with Gasteiger partial charge in [0, 0.05) is 10.5 Å². The van der Waals surface area contributed by atoms with E-state index in [2.05, 4.69) is 0 Å². The first kappa shape index (κ1) is 27.5. The van der Waals surface area contributed by atoms with E-state index in [-0.39, 0.29) is 6.61 Å². The molecule has 7 rings (SSSR count). The zero-order valence-electron chi connectivity index (χ0n) is 22.9. The summed E-state index contributed by atoms with van der Waals surface area (Å²) < 4.78 is 25.4. The monoisotopic (exact) mass is 593 g/mol. The normalized spacial score (nSPS) is 26.5. The van der Waals surface area contributed by atoms with Crippen LogP contribution in [0.4, 0.5) is 0 Å². The molecular formula is C34H27NO7S. The summed E-state index contributed by atoms with van der Waals surface area (Å²) in [6.07, 6.45) is -3.30. The average Bonchev–Trinajstić information content (AvgIpc) is 3.31. The summed E-state index contributed by atoms with van der Waals surface area (Å²) in [5, 5.41) is 0. The molecule has 43 heavy (non-hydrogen) atoms. The van der Waals surface area contributed by atoms with Crippen molar-refractivity contribution in [2.45, 2.75) is 41.0 Å². The fraction of sp³-hybridized carbons (Fsp3) is 0.206. The summed E-state index contributed by atoms with van der Waals surface area (Å²) >= 11 is 1.35. The van der Waals surface area contributed by atoms with Crippen LogP contribution >= 0.6 is 11.8 Å². The topological polar surface area (TPSA) is 91.4 Å². The van der Waals surface area contributed by atoms with Gasteiger partial charge in [0.2, 0.25) is 0 Å². The van der Waals surface area contributed by atoms with E-state index < -0.39 is 53.9 Å². The molecular weight excluding hydrogens is 566 g/mol. The Morgan fingerprint density at radius 2 is 1.33 bits per heavy atom. The lowest BCUT2D eigenvalue weighted by atomic mass is 9.95. The molecule has 2 amide bonds. The van der Waals surface area contributed by atoms with E-state index >= 15 is 0 Å². The SMILES string of the molecule is O=C(O[C@H]1[C@@H]2OC(c3ccccc3)OC[C@H]2O[C@@H](Sc2ccccc2)[C@@H]1N1C(=O)c2ccccc2C1=O)c1ccccc1. The van der Waals surface area contributed by atoms with E-state index in [1.165, 1.54) is 16.7 Å². The molecule has 4 aromatic carbocycles. The molecule has 0 aliphatic carbocycles. The minimum Gasteiger partial charge on any atom is -0.454 e. The number of carbonyl (C=O) groups is 3. The second kappa shape index (κ2) is 11.8. The first-order chi connectivity index (χ1) is 21.1. The van der Waals surface area contributed by atoms with Crippen LogP contribution in [0.25, 0.3) is 0 Å². The van der Waals surface area contributed by atoms with Crippen molar-refractivity contribution in [3.8, 4) is 0 Å². The van der Waals surface area contributed by atoms with Crippen molar-refractivity contribution < 1.29 is 33.3 Å². The van der Waals surface area contributed by atoms with Crippen molar-refractivity contribution in [3.05, 3.63) is 138 Å². The van der Waals surface area contributed by atoms with Crippen LogP contribution in [0.5, 0.6) is 0 Å². The Bertz CT molecular complexity index is 1600. The van der Waals surface area contributed by atoms with E-state index in [0.29, 0.717) is 16.7 Å². The molecule has 0 spiro atoms. The number of rotatable bonds is 6. The Balaban J connectivity index is 1.31. The van der Waals surface area contributed by atoms with E-state index in [4.69, 9.17) is 18.9 Å². The van der Waals surface area contributed by atoms with Crippen LogP contribution in [0.3, 0.4) is 0 Å². The Kier molecular flexibility index (Phi) is 7.54. The third-order valence-electron chi connectivity index (χ3n) is 7.75. The smallest absolute Gasteiger partial charge is 0.338 e. The number of fused-ring (bicyclic) bond motifs is 2. The predicted octanol–water partition coefficient (Wildman–Crippen LogP) is 5.51. The van der Waals surface area contributed by atoms with Gasteiger partial charge in [0.05, 0.1) is 23.3 Å². The third-order valence-corrected chi connectivity index (χ3v) is 8.92. The van der Waals surface area contributed by atoms with Gasteiger partial charge < -0.3 is 18.9 Å². The lowest BCUT2D eigenvalue weighted by Crippen LogP contribution is -2.67. The van der Waals surface area contributed by atoms with Crippen molar-refractivity contribution >= 4 is 29.5 Å². The summed E-state index contributed by atoms with van der Waals surface area (Å²) in [5.41, 5.74) is 0.917. The summed E-state index contributed by atoms with van der Waals surface area (Å²) in [7, 11) is 0. The molecule has 2 fully saturated rings. The zero-order chi connectivity index (χ0) is 29.3. The Morgan fingerprint density at radius 3 is 1.98 bits per heavy atom. The van der Waals surface area contributed by atoms with Gasteiger partial charge in [-0.3, -0.25) is 14.5 Å². The zero-order valence-corrected chi connectivity index (χ0v) is 23.7. The highest BCUT2D eigenvalue weighted by molar-refractivity contribution is 7.99. The van der Waals surface area contributed by atoms with Crippen LogP contribution in [-0.2, 0) is 18.9 Å². The van der Waals surface area contributed by atoms with Gasteiger partial charge in [0.15, 0.2) is 12.4 Å². The molecule has 3 heterocycles. The standard InChI is InChI=1S/C34H27NO7S/c36-30-24-18-10-11-19-25(24)31(37)35(30)27-29(41-32(38)21-12-4-1-5-13-21)28-26(40-34(27)43-23-16-8-3-9-17-23)20-39-33(42-28)22-14-6-2-7-15-22/h1-19,26-29,33-34H,20H2/t26-,27-,28-,29-,33?,34+/m1/s1. The molecule has 216 valence electrons. The Hall–Kier alpha value is -4.28. The second-order valence-corrected chi connectivity index (χ2v) is 11.6. The van der Waals surface area contributed by atoms with Crippen molar-refractivity contribution in [2.75, 3.05) is 6.61 Å². The van der Waals surface area contributed by atoms with Crippen LogP contribution in [0.1, 0.15) is 42.9 Å². The van der Waals surface area contributed by atoms with Crippen LogP contribution in [-0.4, -0.2) is 59.1 Å². The fourth-order valence-electron chi connectivity index (χ4n) is 5.72. The van der Waals surface area contributed by atoms with Crippen molar-refractivity contribution in [1.29, 1.82) is 0 Å². The maximum absolute atomic E-state index is 13.9. The summed E-state index contributed by atoms with van der Waals surface area (Å²) in [4.78, 5) is 43.4. The van der Waals surface area contributed by atoms with Gasteiger partial charge in [0.25, 0.3) is 11.8 Å². The maximum Gasteiger partial charge on any atom is 0.338 e. The minimum atomic E-state index is -1.06. The number of imide groups is 1. The molecule has 3 aliphatic heterocycles. The van der Waals surface area contributed by atoms with Gasteiger partial charge in [-0.2, -0.15) is 0 Å². The van der Waals surface area contributed by atoms with Crippen molar-refractivity contribution in [1.82, 2.24) is 4.90 Å². The van der Waals surface area contributed by atoms with Crippen LogP contribution in [0.15, 0.2) is 120 Å². The highest BCUT2D eigenvalue weighted by Gasteiger charge is 2.57. The van der Waals surface area contributed by atoms with Gasteiger partial charge in [-0.1, -0.05) is 90.6 Å². The lowest BCUT2D eigenvalue weighted by molar-refractivity contribution is -0.309. The van der Waals surface area contributed by atoms with Gasteiger partial charge in [-0.05, 0) is 36.4 Å². The molecule has 6 atom stereocenters. The molecule has 0 N–H and O–H groups in total. The van der Waals surface area contributed by atoms with Gasteiger partial charge >= 0.3 is 5.97 Å². The van der Waals surface area contributed by atoms with Crippen LogP contribution < -0.4 is 0 Å². The van der Waals surface area contributed by atoms with Crippen molar-refractivity contribution in [2.24, 2.45) is 0 Å². The number of carbonyl (C=O) groups excluding carboxylic acids is 3. The summed E-state index contributed by atoms with van der Waals surface area (Å²) in [6.45, 7) is 0.157. The fourth-order valence-corrected chi connectivity index (χ4v) is 6.92. The molecule has 8 nitrogen and oxygen atoms in total. The number of amides is 2. The first-order valence-electron chi connectivity index (χ1n) is 14.0. The lowest BCUT2D eigenvalue weighted by Gasteiger charge is -2.50. The number of ether oxygens (including phenoxy) is 4. The summed E-state index contributed by atoms with van der Waals surface area (Å²) in [6, 6.07) is 33.3. The third kappa shape index (κ3) is 5.25. The molecule has 0 aromatic heterocycles. The van der Waals surface area contributed by atoms with Crippen molar-refractivity contribution in [3.63, 3.8) is 0 Å². The van der Waals surface area contributed by atoms with Crippen LogP contribution in [0.2, 0.25) is 0 Å². The van der Waals surface area contributed by atoms with Crippen LogP contribution in [0, 0.1) is 0 Å². The minimum absolute atomic E-state index is 0.157. The first-order valence-corrected chi connectivity index (χ1v) is 14.9. The highest BCUT2D eigenvalue weighted by atomic mass is 32.2. The average molecular weight is 594 g/mol. The molecule has 0 bridgehead atoms. The van der Waals surface area contributed by atoms with E-state index in [1.807, 2.05) is 60.7 Å². The van der Waals surface area contributed by atoms with E-state index in [9.17, 15) is 14.4 Å². The van der Waals surface area contributed by atoms with E-state index in [0.717, 1.165) is 10.5 Å². The number of hydrogen-bond donors (Lipinski definition) is 0. The molecule has 9 heteroatoms. The van der Waals surface area contributed by atoms with Gasteiger partial charge in [0.1, 0.15) is 23.7 Å². The molecule has 0 radical (unpaired) electrons. The quantitative estimate of drug-likeness (QED) is 0.214. The molecule has 1 unspecified atom stereocenters. The molecule has 4 aromatic rings. The maximum atomic E-state index is 13.9. The second-order valence-electron chi connectivity index (χ2n) is 10.4. The highest BCUT2D eigenvalue weighted by Crippen LogP contribution is 2.43. The largest absolute Gasteiger partial charge is 0.454 e. The van der Waals surface area contributed by atoms with Gasteiger partial charge in [-0.25, -0.2) is 4.79 Å². The molecule has 2 saturated heterocycles. The number of thioether (sulfide) groups is 1. The number of nitrogens with zero attached hydrogens (tertiary/aromatic N) is 1. The number of hydrogen-bond acceptors (Lipinski definition) is 8. The predicted molar refractivity (Wildman–Crippen MR) is 157 cm³/mol. The Morgan fingerprint density at radius 1 is 0.744 bits per heavy atom. The van der Waals surface area contributed by atoms with Gasteiger partial charge in [-0.15, -0.1) is 0 Å². The molecule has 3 aliphatic rings. The number of esters is 1.